The first kappa shape index (κ1) is 31.0. The molecule has 0 radical (unpaired) electrons. The quantitative estimate of drug-likeness (QED) is 0.191. The number of hydrogen-bond donors (Lipinski definition) is 0. The molecule has 0 amide bonds. The van der Waals surface area contributed by atoms with Crippen molar-refractivity contribution in [3.63, 3.8) is 0 Å². The van der Waals surface area contributed by atoms with E-state index >= 15 is 0 Å². The van der Waals surface area contributed by atoms with Crippen LogP contribution < -0.4 is 0 Å². The fourth-order valence-corrected chi connectivity index (χ4v) is 24.1. The van der Waals surface area contributed by atoms with E-state index in [1.54, 1.807) is 16.7 Å². The summed E-state index contributed by atoms with van der Waals surface area (Å²) in [6, 6.07) is 26.9. The molecule has 192 valence electrons. The molecular weight excluding hydrogens is 575 g/mol. The molecule has 3 unspecified atom stereocenters. The Kier molecular flexibility index (Phi) is 12.2. The molecule has 0 bridgehead atoms. The summed E-state index contributed by atoms with van der Waals surface area (Å²) in [5, 5.41) is 0. The maximum atomic E-state index is 2.71. The molecule has 0 N–H and O–H groups in total. The average Bonchev–Trinajstić information content (AvgIpc) is 3.45. The molecule has 3 aromatic rings. The van der Waals surface area contributed by atoms with Gasteiger partial charge in [0.15, 0.2) is 0 Å². The van der Waals surface area contributed by atoms with Gasteiger partial charge >= 0.3 is 176 Å². The van der Waals surface area contributed by atoms with Gasteiger partial charge in [-0.2, -0.15) is 0 Å². The van der Waals surface area contributed by atoms with Crippen LogP contribution in [0, 0.1) is 0 Å². The van der Waals surface area contributed by atoms with Crippen LogP contribution >= 0.6 is 24.8 Å². The molecule has 0 aliphatic heterocycles. The van der Waals surface area contributed by atoms with Crippen molar-refractivity contribution in [2.45, 2.75) is 58.3 Å². The molecule has 0 saturated carbocycles. The van der Waals surface area contributed by atoms with Crippen molar-refractivity contribution in [2.75, 3.05) is 0 Å². The summed E-state index contributed by atoms with van der Waals surface area (Å²) in [6.45, 7) is 6.85. The monoisotopic (exact) mass is 614 g/mol. The van der Waals surface area contributed by atoms with Crippen molar-refractivity contribution in [2.24, 2.45) is 0 Å². The minimum absolute atomic E-state index is 0. The maximum absolute atomic E-state index is 2.71. The molecule has 0 aromatic heterocycles. The number of benzene rings is 3. The standard InChI is InChI=1S/C16H13.C9H7.C6H14.CH3.2ClH.H3Si.Zr/c1-12-10-14-8-5-9-15(16(14)11-12)13-6-3-2-4-7-13;1-2-5-9-7-3-6-8(9)4-1;1-3-5-6-4-2;;;;;/h2-11H,1H3;1-7H;3-6H2,1-2H3;1H3;2*1H;1H3;. The molecule has 0 spiro atoms. The number of rotatable bonds is 6. The third-order valence-electron chi connectivity index (χ3n) is 7.66. The van der Waals surface area contributed by atoms with Gasteiger partial charge in [0.25, 0.3) is 0 Å². The van der Waals surface area contributed by atoms with Crippen molar-refractivity contribution in [1.29, 1.82) is 0 Å². The SMILES string of the molecule is CC1=Cc2c(-c3ccccc3)cccc2[CH]1[Zr]([CH3])([SiH3])[CH]1C=Cc2ccccc21.CCCCCC.Cl.Cl. The Morgan fingerprint density at radius 1 is 0.778 bits per heavy atom. The summed E-state index contributed by atoms with van der Waals surface area (Å²) in [5.41, 5.74) is 10.5. The van der Waals surface area contributed by atoms with Crippen LogP contribution in [0.25, 0.3) is 23.3 Å². The normalized spacial score (nSPS) is 18.5. The minimum atomic E-state index is -2.46. The average molecular weight is 617 g/mol. The fraction of sp³-hybridized carbons (Fsp3) is 0.312. The zero-order valence-electron chi connectivity index (χ0n) is 22.5. The van der Waals surface area contributed by atoms with Crippen LogP contribution in [0.2, 0.25) is 4.63 Å². The summed E-state index contributed by atoms with van der Waals surface area (Å²) in [7, 11) is 1.34. The second-order valence-electron chi connectivity index (χ2n) is 10.5. The van der Waals surface area contributed by atoms with Crippen molar-refractivity contribution >= 4 is 44.3 Å². The van der Waals surface area contributed by atoms with Crippen LogP contribution in [0.15, 0.2) is 84.4 Å². The molecule has 2 aliphatic rings. The first-order valence-corrected chi connectivity index (χ1v) is 26.8. The van der Waals surface area contributed by atoms with Gasteiger partial charge in [-0.15, -0.1) is 24.8 Å². The largest absolute Gasteiger partial charge is 0.147 e. The van der Waals surface area contributed by atoms with E-state index in [9.17, 15) is 0 Å². The summed E-state index contributed by atoms with van der Waals surface area (Å²) < 4.78 is 4.11. The summed E-state index contributed by atoms with van der Waals surface area (Å²) in [5.74, 6) is 0. The Hall–Kier alpha value is -1.18. The molecule has 3 aromatic carbocycles. The zero-order valence-corrected chi connectivity index (χ0v) is 28.6. The molecule has 3 atom stereocenters. The minimum Gasteiger partial charge on any atom is -0.147 e. The fourth-order valence-electron chi connectivity index (χ4n) is 5.99. The van der Waals surface area contributed by atoms with E-state index in [4.69, 9.17) is 0 Å². The molecule has 0 nitrogen and oxygen atoms in total. The Bertz CT molecular complexity index is 1180. The van der Waals surface area contributed by atoms with Crippen molar-refractivity contribution < 1.29 is 19.4 Å². The Morgan fingerprint density at radius 2 is 1.39 bits per heavy atom. The number of unbranched alkanes of at least 4 members (excludes halogenated alkanes) is 3. The van der Waals surface area contributed by atoms with Crippen LogP contribution in [0.1, 0.15) is 76.0 Å². The van der Waals surface area contributed by atoms with Gasteiger partial charge in [0.05, 0.1) is 0 Å². The van der Waals surface area contributed by atoms with Crippen molar-refractivity contribution in [3.8, 4) is 11.1 Å². The van der Waals surface area contributed by atoms with Crippen LogP contribution in [0.3, 0.4) is 0 Å². The van der Waals surface area contributed by atoms with Gasteiger partial charge in [-0.25, -0.2) is 0 Å². The second-order valence-corrected chi connectivity index (χ2v) is 35.1. The van der Waals surface area contributed by atoms with E-state index in [2.05, 4.69) is 116 Å². The predicted octanol–water partition coefficient (Wildman–Crippen LogP) is 9.49. The molecular formula is C32H42Cl2SiZr. The van der Waals surface area contributed by atoms with E-state index in [-0.39, 0.29) is 24.8 Å². The van der Waals surface area contributed by atoms with Gasteiger partial charge in [-0.05, 0) is 0 Å². The summed E-state index contributed by atoms with van der Waals surface area (Å²) >= 11 is -2.46. The molecule has 2 aliphatic carbocycles. The molecule has 5 rings (SSSR count). The van der Waals surface area contributed by atoms with Gasteiger partial charge in [-0.1, -0.05) is 39.5 Å². The summed E-state index contributed by atoms with van der Waals surface area (Å²) in [4.78, 5) is 0. The predicted molar refractivity (Wildman–Crippen MR) is 167 cm³/mol. The van der Waals surface area contributed by atoms with Gasteiger partial charge in [0.1, 0.15) is 0 Å². The number of allylic oxidation sites excluding steroid dienone is 2. The van der Waals surface area contributed by atoms with Crippen LogP contribution in [-0.4, -0.2) is 7.37 Å². The topological polar surface area (TPSA) is 0 Å². The van der Waals surface area contributed by atoms with Crippen LogP contribution in [0.5, 0.6) is 0 Å². The van der Waals surface area contributed by atoms with Crippen LogP contribution in [0.4, 0.5) is 0 Å². The zero-order chi connectivity index (χ0) is 24.1. The van der Waals surface area contributed by atoms with Crippen molar-refractivity contribution in [1.82, 2.24) is 0 Å². The number of halogens is 2. The van der Waals surface area contributed by atoms with E-state index in [0.29, 0.717) is 7.25 Å². The molecule has 0 saturated heterocycles. The molecule has 0 heterocycles. The second kappa shape index (κ2) is 14.1. The van der Waals surface area contributed by atoms with Gasteiger partial charge < -0.3 is 0 Å². The van der Waals surface area contributed by atoms with E-state index in [1.165, 1.54) is 55.3 Å². The maximum Gasteiger partial charge on any atom is -0.0536 e. The van der Waals surface area contributed by atoms with Crippen molar-refractivity contribution in [3.05, 3.63) is 107 Å². The smallest absolute Gasteiger partial charge is 0.0536 e. The third kappa shape index (κ3) is 6.44. The van der Waals surface area contributed by atoms with E-state index in [0.717, 1.165) is 0 Å². The summed E-state index contributed by atoms with van der Waals surface area (Å²) in [6.07, 6.45) is 13.0. The Morgan fingerprint density at radius 3 is 2.06 bits per heavy atom. The van der Waals surface area contributed by atoms with Gasteiger partial charge in [0, 0.05) is 0 Å². The van der Waals surface area contributed by atoms with Gasteiger partial charge in [0.2, 0.25) is 0 Å². The Labute approximate surface area is 238 Å². The molecule has 4 heteroatoms. The number of fused-ring (bicyclic) bond motifs is 2. The Balaban J connectivity index is 0.000000514. The van der Waals surface area contributed by atoms with E-state index < -0.39 is 19.4 Å². The molecule has 0 fully saturated rings. The van der Waals surface area contributed by atoms with Crippen LogP contribution in [-0.2, 0) is 19.4 Å². The molecule has 36 heavy (non-hydrogen) atoms. The van der Waals surface area contributed by atoms with Gasteiger partial charge in [-0.3, -0.25) is 0 Å². The first-order chi connectivity index (χ1) is 16.5. The van der Waals surface area contributed by atoms with E-state index in [1.807, 2.05) is 0 Å². The first-order valence-electron chi connectivity index (χ1n) is 13.1. The number of hydrogen-bond acceptors (Lipinski definition) is 0. The third-order valence-corrected chi connectivity index (χ3v) is 25.5.